The molecule has 0 radical (unpaired) electrons. The van der Waals surface area contributed by atoms with Gasteiger partial charge in [-0.2, -0.15) is 0 Å². The number of ether oxygens (including phenoxy) is 1. The second-order valence-electron chi connectivity index (χ2n) is 5.14. The summed E-state index contributed by atoms with van der Waals surface area (Å²) in [4.78, 5) is 0. The van der Waals surface area contributed by atoms with Crippen molar-refractivity contribution in [2.45, 2.75) is 33.1 Å². The first-order valence-corrected chi connectivity index (χ1v) is 6.83. The second kappa shape index (κ2) is 5.87. The Morgan fingerprint density at radius 3 is 2.68 bits per heavy atom. The van der Waals surface area contributed by atoms with Crippen molar-refractivity contribution in [1.29, 1.82) is 10.8 Å². The van der Waals surface area contributed by atoms with Crippen molar-refractivity contribution in [3.63, 3.8) is 0 Å². The van der Waals surface area contributed by atoms with Crippen LogP contribution in [0.4, 0.5) is 0 Å². The monoisotopic (exact) mass is 259 g/mol. The smallest absolute Gasteiger partial charge is 0.131 e. The van der Waals surface area contributed by atoms with Crippen LogP contribution in [0, 0.1) is 16.7 Å². The predicted octanol–water partition coefficient (Wildman–Crippen LogP) is 3.15. The van der Waals surface area contributed by atoms with Crippen molar-refractivity contribution in [2.24, 2.45) is 5.92 Å². The van der Waals surface area contributed by atoms with Gasteiger partial charge in [0.2, 0.25) is 0 Å². The first-order chi connectivity index (χ1) is 9.11. The molecule has 1 aliphatic rings. The van der Waals surface area contributed by atoms with E-state index in [-0.39, 0.29) is 5.84 Å². The quantitative estimate of drug-likeness (QED) is 0.734. The van der Waals surface area contributed by atoms with Crippen molar-refractivity contribution >= 4 is 11.7 Å². The van der Waals surface area contributed by atoms with Crippen LogP contribution in [0.15, 0.2) is 18.2 Å². The van der Waals surface area contributed by atoms with E-state index in [2.05, 4.69) is 19.2 Å². The van der Waals surface area contributed by atoms with Gasteiger partial charge in [0, 0.05) is 11.1 Å². The lowest BCUT2D eigenvalue weighted by Crippen LogP contribution is -2.20. The van der Waals surface area contributed by atoms with Crippen LogP contribution in [0.5, 0.6) is 5.75 Å². The zero-order chi connectivity index (χ0) is 13.8. The lowest BCUT2D eigenvalue weighted by molar-refractivity contribution is 0.249. The van der Waals surface area contributed by atoms with E-state index in [0.717, 1.165) is 16.9 Å². The highest BCUT2D eigenvalue weighted by Crippen LogP contribution is 2.22. The second-order valence-corrected chi connectivity index (χ2v) is 5.14. The Morgan fingerprint density at radius 2 is 1.95 bits per heavy atom. The average Bonchev–Trinajstić information content (AvgIpc) is 2.69. The van der Waals surface area contributed by atoms with Crippen LogP contribution < -0.4 is 10.1 Å². The summed E-state index contributed by atoms with van der Waals surface area (Å²) in [6.45, 7) is 5.10. The van der Waals surface area contributed by atoms with Crippen molar-refractivity contribution in [3.8, 4) is 5.75 Å². The molecule has 1 aromatic carbocycles. The molecular weight excluding hydrogens is 238 g/mol. The van der Waals surface area contributed by atoms with Crippen LogP contribution in [0.25, 0.3) is 0 Å². The lowest BCUT2D eigenvalue weighted by Gasteiger charge is -2.13. The van der Waals surface area contributed by atoms with Gasteiger partial charge in [-0.15, -0.1) is 0 Å². The fourth-order valence-electron chi connectivity index (χ4n) is 2.17. The highest BCUT2D eigenvalue weighted by molar-refractivity contribution is 6.23. The Balaban J connectivity index is 1.98. The molecule has 1 aromatic rings. The Bertz CT molecular complexity index is 496. The Morgan fingerprint density at radius 1 is 1.21 bits per heavy atom. The molecule has 4 nitrogen and oxygen atoms in total. The number of rotatable bonds is 6. The molecule has 0 aliphatic carbocycles. The zero-order valence-electron chi connectivity index (χ0n) is 11.5. The predicted molar refractivity (Wildman–Crippen MR) is 77.4 cm³/mol. The third kappa shape index (κ3) is 3.13. The van der Waals surface area contributed by atoms with E-state index in [0.29, 0.717) is 18.4 Å². The largest absolute Gasteiger partial charge is 0.493 e. The Labute approximate surface area is 114 Å². The average molecular weight is 259 g/mol. The van der Waals surface area contributed by atoms with Gasteiger partial charge in [0.25, 0.3) is 0 Å². The molecule has 4 heteroatoms. The molecule has 0 amide bonds. The highest BCUT2D eigenvalue weighted by Gasteiger charge is 2.21. The first kappa shape index (κ1) is 13.6. The maximum atomic E-state index is 7.76. The molecule has 0 saturated heterocycles. The van der Waals surface area contributed by atoms with Crippen LogP contribution in [0.2, 0.25) is 0 Å². The van der Waals surface area contributed by atoms with Gasteiger partial charge in [-0.3, -0.25) is 10.8 Å². The van der Waals surface area contributed by atoms with Crippen LogP contribution in [-0.2, 0) is 0 Å². The normalized spacial score (nSPS) is 15.1. The fourth-order valence-corrected chi connectivity index (χ4v) is 2.17. The standard InChI is InChI=1S/C15H21N3O/c1-3-4-5-10(2)9-19-11-6-7-12-13(8-11)15(17)18-14(12)16/h6-8,10H,3-5,9H2,1-2H3,(H3,16,17,18). The molecule has 0 saturated carbocycles. The van der Waals surface area contributed by atoms with E-state index in [4.69, 9.17) is 15.6 Å². The molecule has 1 atom stereocenters. The third-order valence-corrected chi connectivity index (χ3v) is 3.36. The van der Waals surface area contributed by atoms with Crippen LogP contribution in [0.1, 0.15) is 44.2 Å². The summed E-state index contributed by atoms with van der Waals surface area (Å²) in [5, 5.41) is 18.2. The number of nitrogens with one attached hydrogen (secondary N) is 3. The molecule has 0 bridgehead atoms. The molecule has 0 spiro atoms. The highest BCUT2D eigenvalue weighted by atomic mass is 16.5. The summed E-state index contributed by atoms with van der Waals surface area (Å²) >= 11 is 0. The summed E-state index contributed by atoms with van der Waals surface area (Å²) < 4.78 is 5.78. The molecule has 2 rings (SSSR count). The minimum Gasteiger partial charge on any atom is -0.493 e. The van der Waals surface area contributed by atoms with Gasteiger partial charge in [0.15, 0.2) is 0 Å². The van der Waals surface area contributed by atoms with E-state index in [1.165, 1.54) is 19.3 Å². The molecule has 1 unspecified atom stereocenters. The molecule has 0 aromatic heterocycles. The van der Waals surface area contributed by atoms with Crippen molar-refractivity contribution < 1.29 is 4.74 Å². The zero-order valence-corrected chi connectivity index (χ0v) is 11.5. The Hall–Kier alpha value is -1.84. The van der Waals surface area contributed by atoms with Gasteiger partial charge >= 0.3 is 0 Å². The third-order valence-electron chi connectivity index (χ3n) is 3.36. The number of unbranched alkanes of at least 4 members (excludes halogenated alkanes) is 1. The topological polar surface area (TPSA) is 69.0 Å². The number of fused-ring (bicyclic) bond motifs is 1. The lowest BCUT2D eigenvalue weighted by atomic mass is 10.1. The van der Waals surface area contributed by atoms with Gasteiger partial charge in [0.1, 0.15) is 17.4 Å². The van der Waals surface area contributed by atoms with Gasteiger partial charge in [-0.25, -0.2) is 0 Å². The van der Waals surface area contributed by atoms with Crippen LogP contribution >= 0.6 is 0 Å². The number of benzene rings is 1. The van der Waals surface area contributed by atoms with E-state index in [9.17, 15) is 0 Å². The van der Waals surface area contributed by atoms with E-state index >= 15 is 0 Å². The number of amidine groups is 2. The first-order valence-electron chi connectivity index (χ1n) is 6.83. The van der Waals surface area contributed by atoms with Crippen molar-refractivity contribution in [2.75, 3.05) is 6.61 Å². The Kier molecular flexibility index (Phi) is 4.20. The molecule has 102 valence electrons. The minimum atomic E-state index is 0.282. The van der Waals surface area contributed by atoms with Gasteiger partial charge < -0.3 is 10.1 Å². The molecule has 3 N–H and O–H groups in total. The van der Waals surface area contributed by atoms with Gasteiger partial charge in [-0.05, 0) is 30.5 Å². The van der Waals surface area contributed by atoms with E-state index < -0.39 is 0 Å². The van der Waals surface area contributed by atoms with Crippen LogP contribution in [-0.4, -0.2) is 18.3 Å². The molecular formula is C15H21N3O. The van der Waals surface area contributed by atoms with E-state index in [1.54, 1.807) is 0 Å². The molecule has 19 heavy (non-hydrogen) atoms. The van der Waals surface area contributed by atoms with Crippen LogP contribution in [0.3, 0.4) is 0 Å². The SMILES string of the molecule is CCCCC(C)COc1ccc2c(c1)C(=N)NC2=N. The number of hydrogen-bond donors (Lipinski definition) is 3. The molecule has 1 aliphatic heterocycles. The molecule has 1 heterocycles. The fraction of sp³-hybridized carbons (Fsp3) is 0.467. The molecule has 0 fully saturated rings. The summed E-state index contributed by atoms with van der Waals surface area (Å²) in [7, 11) is 0. The van der Waals surface area contributed by atoms with Crippen molar-refractivity contribution in [1.82, 2.24) is 5.32 Å². The summed E-state index contributed by atoms with van der Waals surface area (Å²) in [5.41, 5.74) is 1.53. The van der Waals surface area contributed by atoms with Crippen molar-refractivity contribution in [3.05, 3.63) is 29.3 Å². The summed E-state index contributed by atoms with van der Waals surface area (Å²) in [6, 6.07) is 5.57. The van der Waals surface area contributed by atoms with Gasteiger partial charge in [-0.1, -0.05) is 26.7 Å². The maximum Gasteiger partial charge on any atom is 0.131 e. The van der Waals surface area contributed by atoms with E-state index in [1.807, 2.05) is 18.2 Å². The summed E-state index contributed by atoms with van der Waals surface area (Å²) in [6.07, 6.45) is 3.64. The van der Waals surface area contributed by atoms with Gasteiger partial charge in [0.05, 0.1) is 6.61 Å². The number of hydrogen-bond acceptors (Lipinski definition) is 3. The minimum absolute atomic E-state index is 0.282. The summed E-state index contributed by atoms with van der Waals surface area (Å²) in [5.74, 6) is 1.90. The maximum absolute atomic E-state index is 7.76.